The summed E-state index contributed by atoms with van der Waals surface area (Å²) in [6, 6.07) is 3.35. The van der Waals surface area contributed by atoms with Gasteiger partial charge in [-0.25, -0.2) is 17.9 Å². The van der Waals surface area contributed by atoms with E-state index in [4.69, 9.17) is 9.88 Å². The lowest BCUT2D eigenvalue weighted by molar-refractivity contribution is -0.386. The summed E-state index contributed by atoms with van der Waals surface area (Å²) in [6.45, 7) is 3.33. The Labute approximate surface area is 122 Å². The quantitative estimate of drug-likeness (QED) is 0.606. The molecule has 0 aromatic heterocycles. The number of hydrogen-bond acceptors (Lipinski definition) is 5. The smallest absolute Gasteiger partial charge is 0.314 e. The lowest BCUT2D eigenvalue weighted by Gasteiger charge is -2.20. The Balaban J connectivity index is 2.93. The molecular formula is C12H17FN2O5S. The first-order valence-electron chi connectivity index (χ1n) is 6.18. The lowest BCUT2D eigenvalue weighted by atomic mass is 9.99. The van der Waals surface area contributed by atoms with Crippen LogP contribution in [0.15, 0.2) is 18.2 Å². The molecule has 1 atom stereocenters. The summed E-state index contributed by atoms with van der Waals surface area (Å²) >= 11 is 0. The number of benzene rings is 1. The fraction of sp³-hybridized carbons (Fsp3) is 0.500. The molecule has 0 aliphatic heterocycles. The van der Waals surface area contributed by atoms with Gasteiger partial charge in [-0.05, 0) is 12.0 Å². The Morgan fingerprint density at radius 3 is 2.52 bits per heavy atom. The molecule has 21 heavy (non-hydrogen) atoms. The van der Waals surface area contributed by atoms with Crippen molar-refractivity contribution in [3.8, 4) is 5.75 Å². The van der Waals surface area contributed by atoms with Gasteiger partial charge in [0.15, 0.2) is 5.82 Å². The number of hydrogen-bond donors (Lipinski definition) is 1. The Morgan fingerprint density at radius 2 is 2.05 bits per heavy atom. The van der Waals surface area contributed by atoms with Crippen molar-refractivity contribution in [1.82, 2.24) is 0 Å². The maximum atomic E-state index is 13.6. The standard InChI is InChI=1S/C12H17FN2O5S/c1-8(2)9(7-21(14,18)19)6-20-12-10(13)4-3-5-11(12)15(16)17/h3-5,8-9H,6-7H2,1-2H3,(H2,14,18,19). The topological polar surface area (TPSA) is 113 Å². The molecule has 7 nitrogen and oxygen atoms in total. The third-order valence-corrected chi connectivity index (χ3v) is 3.87. The van der Waals surface area contributed by atoms with Crippen LogP contribution in [0.4, 0.5) is 10.1 Å². The minimum Gasteiger partial charge on any atom is -0.484 e. The molecule has 1 aromatic carbocycles. The van der Waals surface area contributed by atoms with Crippen molar-refractivity contribution in [2.75, 3.05) is 12.4 Å². The number of rotatable bonds is 7. The van der Waals surface area contributed by atoms with E-state index in [2.05, 4.69) is 0 Å². The van der Waals surface area contributed by atoms with Crippen molar-refractivity contribution in [2.24, 2.45) is 17.0 Å². The molecule has 0 amide bonds. The summed E-state index contributed by atoms with van der Waals surface area (Å²) < 4.78 is 41.1. The molecular weight excluding hydrogens is 303 g/mol. The number of ether oxygens (including phenoxy) is 1. The number of sulfonamides is 1. The summed E-state index contributed by atoms with van der Waals surface area (Å²) in [5.41, 5.74) is -0.506. The van der Waals surface area contributed by atoms with E-state index < -0.39 is 38.1 Å². The number of primary sulfonamides is 1. The lowest BCUT2D eigenvalue weighted by Crippen LogP contribution is -2.30. The highest BCUT2D eigenvalue weighted by molar-refractivity contribution is 7.89. The molecule has 118 valence electrons. The molecule has 2 N–H and O–H groups in total. The van der Waals surface area contributed by atoms with Crippen LogP contribution >= 0.6 is 0 Å². The Bertz CT molecular complexity index is 618. The third-order valence-electron chi connectivity index (χ3n) is 2.97. The fourth-order valence-electron chi connectivity index (χ4n) is 1.71. The number of nitrogens with two attached hydrogens (primary N) is 1. The van der Waals surface area contributed by atoms with Gasteiger partial charge in [0.1, 0.15) is 0 Å². The average Bonchev–Trinajstić information content (AvgIpc) is 2.33. The molecule has 1 rings (SSSR count). The molecule has 0 radical (unpaired) electrons. The van der Waals surface area contributed by atoms with Crippen molar-refractivity contribution in [3.05, 3.63) is 34.1 Å². The highest BCUT2D eigenvalue weighted by Gasteiger charge is 2.24. The molecule has 0 saturated heterocycles. The van der Waals surface area contributed by atoms with Gasteiger partial charge in [-0.3, -0.25) is 10.1 Å². The zero-order valence-electron chi connectivity index (χ0n) is 11.7. The molecule has 0 bridgehead atoms. The number of nitrogens with zero attached hydrogens (tertiary/aromatic N) is 1. The first-order chi connectivity index (χ1) is 9.61. The Hall–Kier alpha value is -1.74. The molecule has 0 fully saturated rings. The van der Waals surface area contributed by atoms with Gasteiger partial charge < -0.3 is 4.74 Å². The normalized spacial score (nSPS) is 13.2. The fourth-order valence-corrected chi connectivity index (χ4v) is 2.78. The van der Waals surface area contributed by atoms with E-state index in [1.807, 2.05) is 0 Å². The van der Waals surface area contributed by atoms with Gasteiger partial charge in [-0.15, -0.1) is 0 Å². The molecule has 0 saturated carbocycles. The van der Waals surface area contributed by atoms with Crippen molar-refractivity contribution >= 4 is 15.7 Å². The number of nitro groups is 1. The maximum absolute atomic E-state index is 13.6. The SMILES string of the molecule is CC(C)C(COc1c(F)cccc1[N+](=O)[O-])CS(N)(=O)=O. The first kappa shape index (κ1) is 17.3. The van der Waals surface area contributed by atoms with E-state index >= 15 is 0 Å². The number of para-hydroxylation sites is 1. The van der Waals surface area contributed by atoms with Gasteiger partial charge in [0, 0.05) is 12.0 Å². The highest BCUT2D eigenvalue weighted by atomic mass is 32.2. The van der Waals surface area contributed by atoms with Crippen molar-refractivity contribution in [3.63, 3.8) is 0 Å². The summed E-state index contributed by atoms with van der Waals surface area (Å²) in [6.07, 6.45) is 0. The molecule has 0 aliphatic carbocycles. The molecule has 1 unspecified atom stereocenters. The van der Waals surface area contributed by atoms with E-state index in [-0.39, 0.29) is 18.3 Å². The monoisotopic (exact) mass is 320 g/mol. The summed E-state index contributed by atoms with van der Waals surface area (Å²) in [4.78, 5) is 10.1. The first-order valence-corrected chi connectivity index (χ1v) is 7.89. The number of halogens is 1. The van der Waals surface area contributed by atoms with E-state index in [1.54, 1.807) is 13.8 Å². The molecule has 0 heterocycles. The van der Waals surface area contributed by atoms with Crippen LogP contribution < -0.4 is 9.88 Å². The molecule has 1 aromatic rings. The van der Waals surface area contributed by atoms with Crippen molar-refractivity contribution in [1.29, 1.82) is 0 Å². The third kappa shape index (κ3) is 5.27. The Kier molecular flexibility index (Phi) is 5.62. The summed E-state index contributed by atoms with van der Waals surface area (Å²) in [5, 5.41) is 15.8. The van der Waals surface area contributed by atoms with Crippen LogP contribution in [0.25, 0.3) is 0 Å². The summed E-state index contributed by atoms with van der Waals surface area (Å²) in [7, 11) is -3.72. The second-order valence-corrected chi connectivity index (χ2v) is 6.65. The second kappa shape index (κ2) is 6.81. The predicted molar refractivity (Wildman–Crippen MR) is 74.9 cm³/mol. The largest absolute Gasteiger partial charge is 0.484 e. The molecule has 0 spiro atoms. The maximum Gasteiger partial charge on any atom is 0.314 e. The minimum absolute atomic E-state index is 0.103. The molecule has 9 heteroatoms. The predicted octanol–water partition coefficient (Wildman–Crippen LogP) is 1.67. The van der Waals surface area contributed by atoms with Crippen LogP contribution in [0.2, 0.25) is 0 Å². The van der Waals surface area contributed by atoms with E-state index in [1.165, 1.54) is 6.07 Å². The molecule has 0 aliphatic rings. The van der Waals surface area contributed by atoms with E-state index in [9.17, 15) is 22.9 Å². The van der Waals surface area contributed by atoms with Crippen LogP contribution in [0.1, 0.15) is 13.8 Å². The van der Waals surface area contributed by atoms with Crippen LogP contribution in [0, 0.1) is 27.8 Å². The van der Waals surface area contributed by atoms with Crippen molar-refractivity contribution < 1.29 is 22.5 Å². The van der Waals surface area contributed by atoms with Gasteiger partial charge in [-0.1, -0.05) is 19.9 Å². The zero-order valence-corrected chi connectivity index (χ0v) is 12.5. The van der Waals surface area contributed by atoms with Gasteiger partial charge in [0.05, 0.1) is 17.3 Å². The van der Waals surface area contributed by atoms with Crippen LogP contribution in [0.5, 0.6) is 5.75 Å². The average molecular weight is 320 g/mol. The van der Waals surface area contributed by atoms with Gasteiger partial charge in [0.25, 0.3) is 0 Å². The Morgan fingerprint density at radius 1 is 1.43 bits per heavy atom. The summed E-state index contributed by atoms with van der Waals surface area (Å²) in [5.74, 6) is -2.31. The van der Waals surface area contributed by atoms with Crippen LogP contribution in [-0.2, 0) is 10.0 Å². The minimum atomic E-state index is -3.72. The van der Waals surface area contributed by atoms with E-state index in [0.29, 0.717) is 0 Å². The van der Waals surface area contributed by atoms with Crippen molar-refractivity contribution in [2.45, 2.75) is 13.8 Å². The van der Waals surface area contributed by atoms with E-state index in [0.717, 1.165) is 12.1 Å². The number of nitro benzene ring substituents is 1. The highest BCUT2D eigenvalue weighted by Crippen LogP contribution is 2.30. The zero-order chi connectivity index (χ0) is 16.2. The van der Waals surface area contributed by atoms with Crippen LogP contribution in [-0.4, -0.2) is 25.7 Å². The second-order valence-electron chi connectivity index (χ2n) is 4.99. The van der Waals surface area contributed by atoms with Gasteiger partial charge >= 0.3 is 5.69 Å². The van der Waals surface area contributed by atoms with Crippen LogP contribution in [0.3, 0.4) is 0 Å². The van der Waals surface area contributed by atoms with Gasteiger partial charge in [-0.2, -0.15) is 0 Å². The van der Waals surface area contributed by atoms with Gasteiger partial charge in [0.2, 0.25) is 15.8 Å².